The minimum Gasteiger partial charge on any atom is -0.466 e. The monoisotopic (exact) mass is 1230 g/mol. The lowest BCUT2D eigenvalue weighted by molar-refractivity contribution is -0.143. The number of amides is 1. The molecule has 0 aliphatic rings. The van der Waals surface area contributed by atoms with Crippen LogP contribution in [0.5, 0.6) is 0 Å². The van der Waals surface area contributed by atoms with Crippen LogP contribution >= 0.6 is 0 Å². The molecule has 0 spiro atoms. The van der Waals surface area contributed by atoms with Gasteiger partial charge in [0.05, 0.1) is 25.4 Å². The Morgan fingerprint density at radius 1 is 0.318 bits per heavy atom. The summed E-state index contributed by atoms with van der Waals surface area (Å²) in [6, 6.07) is -0.541. The highest BCUT2D eigenvalue weighted by atomic mass is 16.5. The Balaban J connectivity index is 3.38. The van der Waals surface area contributed by atoms with E-state index in [0.717, 1.165) is 57.8 Å². The van der Waals surface area contributed by atoms with Crippen molar-refractivity contribution < 1.29 is 24.5 Å². The third-order valence-corrected chi connectivity index (χ3v) is 18.6. The molecular formula is C82H155NO5. The maximum atomic E-state index is 12.6. The molecule has 0 heterocycles. The summed E-state index contributed by atoms with van der Waals surface area (Å²) in [5, 5.41) is 23.5. The summed E-state index contributed by atoms with van der Waals surface area (Å²) in [5.41, 5.74) is 0. The Morgan fingerprint density at radius 2 is 0.580 bits per heavy atom. The van der Waals surface area contributed by atoms with Crippen LogP contribution in [0.3, 0.4) is 0 Å². The zero-order chi connectivity index (χ0) is 63.5. The first-order chi connectivity index (χ1) is 43.5. The molecule has 0 aromatic heterocycles. The van der Waals surface area contributed by atoms with E-state index in [1.54, 1.807) is 0 Å². The van der Waals surface area contributed by atoms with Gasteiger partial charge in [-0.3, -0.25) is 9.59 Å². The fourth-order valence-electron chi connectivity index (χ4n) is 12.5. The number of aliphatic hydroxyl groups is 2. The topological polar surface area (TPSA) is 95.9 Å². The van der Waals surface area contributed by atoms with Crippen LogP contribution in [0.25, 0.3) is 0 Å². The van der Waals surface area contributed by atoms with Crippen LogP contribution in [0.4, 0.5) is 0 Å². The van der Waals surface area contributed by atoms with Gasteiger partial charge in [0.2, 0.25) is 5.91 Å². The number of rotatable bonds is 75. The smallest absolute Gasteiger partial charge is 0.305 e. The van der Waals surface area contributed by atoms with Crippen molar-refractivity contribution in [1.29, 1.82) is 0 Å². The van der Waals surface area contributed by atoms with Gasteiger partial charge in [-0.05, 0) is 83.5 Å². The number of carbonyl (C=O) groups excluding carboxylic acids is 2. The molecule has 0 aromatic rings. The van der Waals surface area contributed by atoms with Crippen molar-refractivity contribution in [2.45, 2.75) is 450 Å². The van der Waals surface area contributed by atoms with Gasteiger partial charge in [-0.1, -0.05) is 390 Å². The highest BCUT2D eigenvalue weighted by molar-refractivity contribution is 5.76. The summed E-state index contributed by atoms with van der Waals surface area (Å²) in [5.74, 6) is -0.0253. The van der Waals surface area contributed by atoms with Crippen molar-refractivity contribution in [1.82, 2.24) is 5.32 Å². The molecule has 6 heteroatoms. The van der Waals surface area contributed by atoms with Crippen molar-refractivity contribution >= 4 is 11.9 Å². The normalized spacial score (nSPS) is 12.7. The second-order valence-corrected chi connectivity index (χ2v) is 27.4. The predicted octanol–water partition coefficient (Wildman–Crippen LogP) is 26.4. The lowest BCUT2D eigenvalue weighted by Crippen LogP contribution is -2.45. The molecule has 518 valence electrons. The number of aliphatic hydroxyl groups excluding tert-OH is 2. The van der Waals surface area contributed by atoms with Gasteiger partial charge in [0.25, 0.3) is 0 Å². The van der Waals surface area contributed by atoms with E-state index in [1.165, 1.54) is 347 Å². The van der Waals surface area contributed by atoms with Gasteiger partial charge in [0.1, 0.15) is 0 Å². The van der Waals surface area contributed by atoms with Crippen LogP contribution in [-0.2, 0) is 14.3 Å². The number of allylic oxidation sites excluding steroid dienone is 8. The van der Waals surface area contributed by atoms with E-state index >= 15 is 0 Å². The second kappa shape index (κ2) is 77.3. The highest BCUT2D eigenvalue weighted by Gasteiger charge is 2.20. The fourth-order valence-corrected chi connectivity index (χ4v) is 12.5. The number of ether oxygens (including phenoxy) is 1. The van der Waals surface area contributed by atoms with Crippen LogP contribution < -0.4 is 5.32 Å². The van der Waals surface area contributed by atoms with Crippen molar-refractivity contribution in [3.63, 3.8) is 0 Å². The Labute approximate surface area is 550 Å². The summed E-state index contributed by atoms with van der Waals surface area (Å²) < 4.78 is 5.48. The van der Waals surface area contributed by atoms with Gasteiger partial charge in [0, 0.05) is 12.8 Å². The molecule has 6 nitrogen and oxygen atoms in total. The first-order valence-electron chi connectivity index (χ1n) is 39.9. The molecule has 0 aliphatic heterocycles. The van der Waals surface area contributed by atoms with E-state index in [-0.39, 0.29) is 18.5 Å². The summed E-state index contributed by atoms with van der Waals surface area (Å²) in [7, 11) is 0. The van der Waals surface area contributed by atoms with Crippen molar-refractivity contribution in [3.8, 4) is 0 Å². The summed E-state index contributed by atoms with van der Waals surface area (Å²) in [6.07, 6.45) is 102. The first kappa shape index (κ1) is 85.8. The molecule has 0 bridgehead atoms. The van der Waals surface area contributed by atoms with Crippen LogP contribution in [0, 0.1) is 0 Å². The Kier molecular flexibility index (Phi) is 75.4. The van der Waals surface area contributed by atoms with Crippen molar-refractivity contribution in [3.05, 3.63) is 48.6 Å². The van der Waals surface area contributed by atoms with Crippen LogP contribution in [0.2, 0.25) is 0 Å². The standard InChI is InChI=1S/C82H155NO5/c1-3-5-7-9-11-13-15-17-19-20-21-22-38-41-44-47-50-54-58-62-66-70-74-80(85)79(78-84)83-81(86)75-71-67-63-59-55-51-48-45-42-39-36-34-32-30-28-26-24-23-25-27-29-31-33-35-37-40-43-46-49-53-57-61-65-69-73-77-88-82(87)76-72-68-64-60-56-52-18-16-14-12-10-8-6-4-2/h10,12,16,18,25,27,31,33,79-80,84-85H,3-9,11,13-15,17,19-24,26,28-30,32,34-78H2,1-2H3,(H,83,86)/b12-10-,18-16-,27-25-,33-31-. The van der Waals surface area contributed by atoms with E-state index in [9.17, 15) is 19.8 Å². The number of unbranched alkanes of at least 4 members (excludes halogenated alkanes) is 56. The van der Waals surface area contributed by atoms with Gasteiger partial charge in [0.15, 0.2) is 0 Å². The highest BCUT2D eigenvalue weighted by Crippen LogP contribution is 2.20. The van der Waals surface area contributed by atoms with Crippen LogP contribution in [0.15, 0.2) is 48.6 Å². The average Bonchev–Trinajstić information content (AvgIpc) is 3.58. The summed E-state index contributed by atoms with van der Waals surface area (Å²) >= 11 is 0. The zero-order valence-electron chi connectivity index (χ0n) is 59.5. The molecule has 0 saturated carbocycles. The van der Waals surface area contributed by atoms with Crippen LogP contribution in [0.1, 0.15) is 438 Å². The van der Waals surface area contributed by atoms with E-state index in [0.29, 0.717) is 25.9 Å². The molecule has 0 fully saturated rings. The summed E-state index contributed by atoms with van der Waals surface area (Å²) in [4.78, 5) is 24.6. The predicted molar refractivity (Wildman–Crippen MR) is 389 cm³/mol. The zero-order valence-corrected chi connectivity index (χ0v) is 59.5. The Bertz CT molecular complexity index is 1470. The third-order valence-electron chi connectivity index (χ3n) is 18.6. The average molecular weight is 1240 g/mol. The fraction of sp³-hybridized carbons (Fsp3) is 0.878. The molecule has 0 aliphatic carbocycles. The van der Waals surface area contributed by atoms with E-state index in [4.69, 9.17) is 4.74 Å². The molecule has 2 unspecified atom stereocenters. The van der Waals surface area contributed by atoms with E-state index in [1.807, 2.05) is 0 Å². The molecule has 1 amide bonds. The largest absolute Gasteiger partial charge is 0.466 e. The summed E-state index contributed by atoms with van der Waals surface area (Å²) in [6.45, 7) is 4.95. The molecule has 0 aromatic carbocycles. The SMILES string of the molecule is CCCC/C=C\C/C=C\CCCCCCCC(=O)OCCCCCCCCCCCCC/C=C\C/C=C\CCCCCCCCCCCCCCCCCCCC(=O)NC(CO)C(O)CCCCCCCCCCCCCCCCCCCCCCCC. The van der Waals surface area contributed by atoms with Crippen LogP contribution in [-0.4, -0.2) is 47.4 Å². The molecule has 2 atom stereocenters. The van der Waals surface area contributed by atoms with Gasteiger partial charge in [-0.25, -0.2) is 0 Å². The molecule has 3 N–H and O–H groups in total. The van der Waals surface area contributed by atoms with Gasteiger partial charge >= 0.3 is 5.97 Å². The van der Waals surface area contributed by atoms with E-state index in [2.05, 4.69) is 67.8 Å². The number of carbonyl (C=O) groups is 2. The van der Waals surface area contributed by atoms with Gasteiger partial charge in [-0.2, -0.15) is 0 Å². The Morgan fingerprint density at radius 3 is 0.898 bits per heavy atom. The van der Waals surface area contributed by atoms with Crippen molar-refractivity contribution in [2.75, 3.05) is 13.2 Å². The number of hydrogen-bond donors (Lipinski definition) is 3. The maximum absolute atomic E-state index is 12.6. The number of nitrogens with one attached hydrogen (secondary N) is 1. The minimum absolute atomic E-state index is 0.00248. The molecule has 0 radical (unpaired) electrons. The third kappa shape index (κ3) is 72.9. The molecule has 0 saturated heterocycles. The Hall–Kier alpha value is -2.18. The second-order valence-electron chi connectivity index (χ2n) is 27.4. The minimum atomic E-state index is -0.664. The van der Waals surface area contributed by atoms with Gasteiger partial charge < -0.3 is 20.3 Å². The maximum Gasteiger partial charge on any atom is 0.305 e. The molecular weight excluding hydrogens is 1080 g/mol. The molecule has 88 heavy (non-hydrogen) atoms. The van der Waals surface area contributed by atoms with Gasteiger partial charge in [-0.15, -0.1) is 0 Å². The number of hydrogen-bond acceptors (Lipinski definition) is 5. The lowest BCUT2D eigenvalue weighted by atomic mass is 10.0. The molecule has 0 rings (SSSR count). The van der Waals surface area contributed by atoms with Crippen molar-refractivity contribution in [2.24, 2.45) is 0 Å². The van der Waals surface area contributed by atoms with E-state index < -0.39 is 12.1 Å². The quantitative estimate of drug-likeness (QED) is 0.0320. The first-order valence-corrected chi connectivity index (χ1v) is 39.9. The number of esters is 1. The lowest BCUT2D eigenvalue weighted by Gasteiger charge is -2.22.